The minimum atomic E-state index is -1.07. The second-order valence-corrected chi connectivity index (χ2v) is 10.6. The highest BCUT2D eigenvalue weighted by atomic mass is 19.2. The van der Waals surface area contributed by atoms with E-state index in [9.17, 15) is 13.2 Å². The largest absolute Gasteiger partial charge is 0.490 e. The molecule has 0 atom stereocenters. The van der Waals surface area contributed by atoms with E-state index >= 15 is 4.39 Å². The van der Waals surface area contributed by atoms with Gasteiger partial charge in [-0.2, -0.15) is 4.39 Å². The number of hydrogen-bond donors (Lipinski definition) is 0. The highest BCUT2D eigenvalue weighted by molar-refractivity contribution is 5.72. The molecule has 0 spiro atoms. The van der Waals surface area contributed by atoms with Crippen molar-refractivity contribution in [2.75, 3.05) is 19.8 Å². The van der Waals surface area contributed by atoms with Crippen LogP contribution in [0.15, 0.2) is 48.5 Å². The van der Waals surface area contributed by atoms with E-state index < -0.39 is 29.6 Å². The second-order valence-electron chi connectivity index (χ2n) is 10.6. The molecule has 1 fully saturated rings. The van der Waals surface area contributed by atoms with E-state index in [2.05, 4.69) is 25.7 Å². The van der Waals surface area contributed by atoms with Crippen molar-refractivity contribution in [2.45, 2.75) is 71.5 Å². The Morgan fingerprint density at radius 2 is 1.29 bits per heavy atom. The monoisotopic (exact) mass is 582 g/mol. The lowest BCUT2D eigenvalue weighted by Gasteiger charge is -2.26. The third kappa shape index (κ3) is 8.14. The zero-order chi connectivity index (χ0) is 29.9. The van der Waals surface area contributed by atoms with Gasteiger partial charge < -0.3 is 14.2 Å². The highest BCUT2D eigenvalue weighted by Crippen LogP contribution is 2.33. The van der Waals surface area contributed by atoms with Gasteiger partial charge >= 0.3 is 0 Å². The van der Waals surface area contributed by atoms with E-state index in [0.717, 1.165) is 44.9 Å². The predicted octanol–water partition coefficient (Wildman–Crippen LogP) is 9.46. The Balaban J connectivity index is 1.40. The van der Waals surface area contributed by atoms with Gasteiger partial charge in [0, 0.05) is 17.0 Å². The quantitative estimate of drug-likeness (QED) is 0.121. The van der Waals surface area contributed by atoms with Gasteiger partial charge in [0.2, 0.25) is 12.1 Å². The summed E-state index contributed by atoms with van der Waals surface area (Å²) in [5.41, 5.74) is 0.760. The SMILES string of the molecule is CCCCCCOc1ccc(-c2ccc(-c3ccc(C#CC4OCC(CCCCC)CO4)c(F)c3F)cc2)c(F)c1F. The molecule has 0 unspecified atom stereocenters. The van der Waals surface area contributed by atoms with Crippen molar-refractivity contribution in [3.8, 4) is 39.8 Å². The number of unbranched alkanes of at least 4 members (excludes halogenated alkanes) is 5. The molecule has 0 N–H and O–H groups in total. The molecule has 1 saturated heterocycles. The van der Waals surface area contributed by atoms with Crippen LogP contribution >= 0.6 is 0 Å². The molecule has 42 heavy (non-hydrogen) atoms. The summed E-state index contributed by atoms with van der Waals surface area (Å²) in [5, 5.41) is 0. The Morgan fingerprint density at radius 1 is 0.690 bits per heavy atom. The Labute approximate surface area is 246 Å². The lowest BCUT2D eigenvalue weighted by atomic mass is 9.98. The third-order valence-electron chi connectivity index (χ3n) is 7.40. The molecule has 3 aromatic rings. The summed E-state index contributed by atoms with van der Waals surface area (Å²) < 4.78 is 76.1. The van der Waals surface area contributed by atoms with Crippen molar-refractivity contribution in [2.24, 2.45) is 5.92 Å². The van der Waals surface area contributed by atoms with Gasteiger partial charge in [-0.3, -0.25) is 0 Å². The van der Waals surface area contributed by atoms with E-state index in [1.807, 2.05) is 0 Å². The maximum absolute atomic E-state index is 15.0. The smallest absolute Gasteiger partial charge is 0.222 e. The molecule has 224 valence electrons. The van der Waals surface area contributed by atoms with Crippen LogP contribution in [0.3, 0.4) is 0 Å². The van der Waals surface area contributed by atoms with Crippen LogP contribution in [0, 0.1) is 41.0 Å². The summed E-state index contributed by atoms with van der Waals surface area (Å²) in [6.45, 7) is 5.63. The Morgan fingerprint density at radius 3 is 1.93 bits per heavy atom. The van der Waals surface area contributed by atoms with Crippen LogP contribution in [0.4, 0.5) is 17.6 Å². The van der Waals surface area contributed by atoms with E-state index in [-0.39, 0.29) is 22.4 Å². The molecule has 3 nitrogen and oxygen atoms in total. The first-order valence-electron chi connectivity index (χ1n) is 14.9. The van der Waals surface area contributed by atoms with Crippen LogP contribution in [-0.4, -0.2) is 26.1 Å². The molecule has 0 bridgehead atoms. The molecule has 0 amide bonds. The number of halogens is 4. The molecular formula is C35H38F4O3. The fourth-order valence-electron chi connectivity index (χ4n) is 4.89. The number of hydrogen-bond acceptors (Lipinski definition) is 3. The maximum Gasteiger partial charge on any atom is 0.222 e. The van der Waals surface area contributed by atoms with Crippen LogP contribution < -0.4 is 4.74 Å². The van der Waals surface area contributed by atoms with Crippen molar-refractivity contribution >= 4 is 0 Å². The zero-order valence-electron chi connectivity index (χ0n) is 24.3. The van der Waals surface area contributed by atoms with Gasteiger partial charge in [-0.25, -0.2) is 13.2 Å². The first-order valence-corrected chi connectivity index (χ1v) is 14.9. The highest BCUT2D eigenvalue weighted by Gasteiger charge is 2.21. The van der Waals surface area contributed by atoms with E-state index in [1.165, 1.54) is 55.0 Å². The number of rotatable bonds is 12. The van der Waals surface area contributed by atoms with Crippen molar-refractivity contribution in [3.63, 3.8) is 0 Å². The van der Waals surface area contributed by atoms with Gasteiger partial charge in [0.15, 0.2) is 23.2 Å². The van der Waals surface area contributed by atoms with E-state index in [4.69, 9.17) is 14.2 Å². The Bertz CT molecular complexity index is 1370. The van der Waals surface area contributed by atoms with Crippen LogP contribution in [0.5, 0.6) is 5.75 Å². The van der Waals surface area contributed by atoms with Crippen molar-refractivity contribution in [3.05, 3.63) is 77.4 Å². The standard InChI is InChI=1S/C35H38F4O3/c1-3-5-7-9-21-40-30-19-18-29(34(38)35(30)39)26-13-11-25(12-14-26)28-17-15-27(32(36)33(28)37)16-20-31-41-22-24(23-42-31)10-8-6-4-2/h11-15,17-19,24,31H,3-10,21-23H2,1-2H3. The summed E-state index contributed by atoms with van der Waals surface area (Å²) in [7, 11) is 0. The first kappa shape index (κ1) is 31.6. The molecule has 1 aliphatic heterocycles. The van der Waals surface area contributed by atoms with Gasteiger partial charge in [-0.15, -0.1) is 0 Å². The van der Waals surface area contributed by atoms with Crippen molar-refractivity contribution in [1.82, 2.24) is 0 Å². The second kappa shape index (κ2) is 15.8. The normalized spacial score (nSPS) is 16.6. The van der Waals surface area contributed by atoms with Gasteiger partial charge in [-0.05, 0) is 54.2 Å². The molecule has 0 radical (unpaired) electrons. The average molecular weight is 583 g/mol. The summed E-state index contributed by atoms with van der Waals surface area (Å²) in [6.07, 6.45) is 7.58. The van der Waals surface area contributed by atoms with E-state index in [1.54, 1.807) is 0 Å². The molecular weight excluding hydrogens is 544 g/mol. The number of benzene rings is 3. The number of ether oxygens (including phenoxy) is 3. The molecule has 1 aliphatic rings. The minimum absolute atomic E-state index is 0.0307. The van der Waals surface area contributed by atoms with Gasteiger partial charge in [0.05, 0.1) is 25.4 Å². The molecule has 3 aromatic carbocycles. The lowest BCUT2D eigenvalue weighted by molar-refractivity contribution is -0.170. The average Bonchev–Trinajstić information content (AvgIpc) is 3.01. The fourth-order valence-corrected chi connectivity index (χ4v) is 4.89. The van der Waals surface area contributed by atoms with Crippen molar-refractivity contribution < 1.29 is 31.8 Å². The van der Waals surface area contributed by atoms with Gasteiger partial charge in [-0.1, -0.05) is 82.6 Å². The van der Waals surface area contributed by atoms with E-state index in [0.29, 0.717) is 36.9 Å². The molecule has 0 aromatic heterocycles. The topological polar surface area (TPSA) is 27.7 Å². The van der Waals surface area contributed by atoms with Gasteiger partial charge in [0.1, 0.15) is 0 Å². The van der Waals surface area contributed by atoms with Crippen LogP contribution in [0.25, 0.3) is 22.3 Å². The Kier molecular flexibility index (Phi) is 11.9. The molecule has 1 heterocycles. The van der Waals surface area contributed by atoms with Gasteiger partial charge in [0.25, 0.3) is 0 Å². The summed E-state index contributed by atoms with van der Waals surface area (Å²) in [6, 6.07) is 11.9. The summed E-state index contributed by atoms with van der Waals surface area (Å²) in [5.74, 6) is 1.38. The van der Waals surface area contributed by atoms with Crippen molar-refractivity contribution in [1.29, 1.82) is 0 Å². The molecule has 7 heteroatoms. The molecule has 4 rings (SSSR count). The summed E-state index contributed by atoms with van der Waals surface area (Å²) in [4.78, 5) is 0. The first-order chi connectivity index (χ1) is 20.4. The van der Waals surface area contributed by atoms with Crippen LogP contribution in [0.2, 0.25) is 0 Å². The molecule has 0 aliphatic carbocycles. The van der Waals surface area contributed by atoms with Crippen LogP contribution in [-0.2, 0) is 9.47 Å². The predicted molar refractivity (Wildman–Crippen MR) is 157 cm³/mol. The Hall–Kier alpha value is -3.34. The minimum Gasteiger partial charge on any atom is -0.490 e. The summed E-state index contributed by atoms with van der Waals surface area (Å²) >= 11 is 0. The molecule has 0 saturated carbocycles. The third-order valence-corrected chi connectivity index (χ3v) is 7.40. The zero-order valence-corrected chi connectivity index (χ0v) is 24.3. The lowest BCUT2D eigenvalue weighted by Crippen LogP contribution is -2.31. The fraction of sp³-hybridized carbons (Fsp3) is 0.429. The van der Waals surface area contributed by atoms with Crippen LogP contribution in [0.1, 0.15) is 70.8 Å². The maximum atomic E-state index is 15.0.